The molecular formula is C9H11N3O2. The molecule has 0 radical (unpaired) electrons. The average Bonchev–Trinajstić information content (AvgIpc) is 2.14. The number of hydrogen-bond donors (Lipinski definition) is 3. The van der Waals surface area contributed by atoms with E-state index in [1.165, 1.54) is 6.07 Å². The molecule has 1 rings (SSSR count). The number of anilines is 1. The van der Waals surface area contributed by atoms with E-state index >= 15 is 0 Å². The summed E-state index contributed by atoms with van der Waals surface area (Å²) in [5, 5.41) is 26.9. The smallest absolute Gasteiger partial charge is 0.171 e. The lowest BCUT2D eigenvalue weighted by molar-refractivity contribution is 0.0499. The van der Waals surface area contributed by atoms with E-state index in [0.29, 0.717) is 0 Å². The van der Waals surface area contributed by atoms with Crippen molar-refractivity contribution in [3.05, 3.63) is 23.4 Å². The predicted molar refractivity (Wildman–Crippen MR) is 50.0 cm³/mol. The first kappa shape index (κ1) is 10.4. The lowest BCUT2D eigenvalue weighted by Gasteiger charge is -2.11. The standard InChI is InChI=1S/C9H11N3O2/c1-5-2-6(12-8(11)3-5)9(14)7(13)4-10/h2-3,7,9,13-14H,1H3,(H2,11,12). The van der Waals surface area contributed by atoms with Crippen LogP contribution in [0.4, 0.5) is 5.82 Å². The molecule has 74 valence electrons. The molecule has 2 atom stereocenters. The van der Waals surface area contributed by atoms with E-state index in [1.54, 1.807) is 19.1 Å². The Hall–Kier alpha value is -1.64. The van der Waals surface area contributed by atoms with Crippen molar-refractivity contribution in [2.75, 3.05) is 5.73 Å². The summed E-state index contributed by atoms with van der Waals surface area (Å²) < 4.78 is 0. The zero-order chi connectivity index (χ0) is 10.7. The summed E-state index contributed by atoms with van der Waals surface area (Å²) in [4.78, 5) is 3.82. The number of nitrogens with two attached hydrogens (primary N) is 1. The van der Waals surface area contributed by atoms with Crippen molar-refractivity contribution in [1.29, 1.82) is 5.26 Å². The fourth-order valence-electron chi connectivity index (χ4n) is 1.11. The molecule has 1 aromatic rings. The Morgan fingerprint density at radius 1 is 1.50 bits per heavy atom. The third-order valence-electron chi connectivity index (χ3n) is 1.74. The Labute approximate surface area is 81.4 Å². The van der Waals surface area contributed by atoms with Gasteiger partial charge in [0, 0.05) is 0 Å². The molecule has 5 nitrogen and oxygen atoms in total. The quantitative estimate of drug-likeness (QED) is 0.568. The summed E-state index contributed by atoms with van der Waals surface area (Å²) in [6, 6.07) is 4.73. The number of hydrogen-bond acceptors (Lipinski definition) is 5. The molecule has 0 bridgehead atoms. The van der Waals surface area contributed by atoms with Crippen LogP contribution in [0.2, 0.25) is 0 Å². The Balaban J connectivity index is 3.02. The maximum atomic E-state index is 9.45. The second-order valence-electron chi connectivity index (χ2n) is 3.01. The molecule has 4 N–H and O–H groups in total. The van der Waals surface area contributed by atoms with E-state index in [2.05, 4.69) is 4.98 Å². The average molecular weight is 193 g/mol. The number of aryl methyl sites for hydroxylation is 1. The molecule has 2 unspecified atom stereocenters. The molecule has 0 spiro atoms. The van der Waals surface area contributed by atoms with Gasteiger partial charge < -0.3 is 15.9 Å². The van der Waals surface area contributed by atoms with E-state index in [4.69, 9.17) is 16.1 Å². The highest BCUT2D eigenvalue weighted by Crippen LogP contribution is 2.17. The number of pyridine rings is 1. The van der Waals surface area contributed by atoms with Crippen molar-refractivity contribution in [2.45, 2.75) is 19.1 Å². The summed E-state index contributed by atoms with van der Waals surface area (Å²) in [5.74, 6) is 0.254. The van der Waals surface area contributed by atoms with Gasteiger partial charge in [-0.2, -0.15) is 5.26 Å². The van der Waals surface area contributed by atoms with Gasteiger partial charge in [0.1, 0.15) is 11.9 Å². The lowest BCUT2D eigenvalue weighted by Crippen LogP contribution is -2.17. The van der Waals surface area contributed by atoms with Crippen LogP contribution in [0.1, 0.15) is 17.4 Å². The summed E-state index contributed by atoms with van der Waals surface area (Å²) >= 11 is 0. The second-order valence-corrected chi connectivity index (χ2v) is 3.01. The van der Waals surface area contributed by atoms with E-state index in [0.717, 1.165) is 5.56 Å². The molecule has 0 saturated heterocycles. The first-order valence-corrected chi connectivity index (χ1v) is 4.04. The predicted octanol–water partition coefficient (Wildman–Crippen LogP) is -0.110. The van der Waals surface area contributed by atoms with Crippen molar-refractivity contribution in [2.24, 2.45) is 0 Å². The van der Waals surface area contributed by atoms with E-state index in [9.17, 15) is 5.11 Å². The molecule has 0 aliphatic heterocycles. The lowest BCUT2D eigenvalue weighted by atomic mass is 10.1. The Bertz CT molecular complexity index is 353. The second kappa shape index (κ2) is 4.05. The van der Waals surface area contributed by atoms with E-state index in [1.807, 2.05) is 0 Å². The highest BCUT2D eigenvalue weighted by molar-refractivity contribution is 5.35. The molecule has 0 fully saturated rings. The molecular weight excluding hydrogens is 182 g/mol. The van der Waals surface area contributed by atoms with Crippen molar-refractivity contribution < 1.29 is 10.2 Å². The number of rotatable bonds is 2. The molecule has 14 heavy (non-hydrogen) atoms. The first-order valence-electron chi connectivity index (χ1n) is 4.04. The van der Waals surface area contributed by atoms with Gasteiger partial charge in [-0.25, -0.2) is 4.98 Å². The first-order chi connectivity index (χ1) is 6.54. The number of aliphatic hydroxyl groups excluding tert-OH is 2. The monoisotopic (exact) mass is 193 g/mol. The number of nitrogens with zero attached hydrogens (tertiary/aromatic N) is 2. The van der Waals surface area contributed by atoms with Gasteiger partial charge in [0.25, 0.3) is 0 Å². The minimum absolute atomic E-state index is 0.205. The Morgan fingerprint density at radius 2 is 2.14 bits per heavy atom. The summed E-state index contributed by atoms with van der Waals surface area (Å²) in [6.07, 6.45) is -2.80. The molecule has 0 aliphatic rings. The normalized spacial score (nSPS) is 14.4. The van der Waals surface area contributed by atoms with Crippen LogP contribution in [-0.4, -0.2) is 21.3 Å². The molecule has 1 aromatic heterocycles. The largest absolute Gasteiger partial charge is 0.384 e. The Kier molecular flexibility index (Phi) is 3.02. The molecule has 0 aliphatic carbocycles. The summed E-state index contributed by atoms with van der Waals surface area (Å²) in [6.45, 7) is 1.78. The van der Waals surface area contributed by atoms with Crippen LogP contribution in [0, 0.1) is 18.3 Å². The van der Waals surface area contributed by atoms with Gasteiger partial charge in [0.05, 0.1) is 11.8 Å². The van der Waals surface area contributed by atoms with Gasteiger partial charge in [0.15, 0.2) is 6.10 Å². The van der Waals surface area contributed by atoms with Crippen LogP contribution in [0.15, 0.2) is 12.1 Å². The SMILES string of the molecule is Cc1cc(N)nc(C(O)C(O)C#N)c1. The van der Waals surface area contributed by atoms with Crippen LogP contribution in [-0.2, 0) is 0 Å². The van der Waals surface area contributed by atoms with Crippen LogP contribution >= 0.6 is 0 Å². The third kappa shape index (κ3) is 2.19. The summed E-state index contributed by atoms with van der Waals surface area (Å²) in [7, 11) is 0. The molecule has 0 amide bonds. The molecule has 1 heterocycles. The van der Waals surface area contributed by atoms with Crippen LogP contribution in [0.25, 0.3) is 0 Å². The van der Waals surface area contributed by atoms with E-state index in [-0.39, 0.29) is 11.5 Å². The topological polar surface area (TPSA) is 103 Å². The maximum absolute atomic E-state index is 9.45. The van der Waals surface area contributed by atoms with Crippen LogP contribution < -0.4 is 5.73 Å². The zero-order valence-corrected chi connectivity index (χ0v) is 7.68. The minimum atomic E-state index is -1.48. The van der Waals surface area contributed by atoms with Crippen molar-refractivity contribution in [1.82, 2.24) is 4.98 Å². The summed E-state index contributed by atoms with van der Waals surface area (Å²) in [5.41, 5.74) is 6.47. The van der Waals surface area contributed by atoms with Crippen LogP contribution in [0.5, 0.6) is 0 Å². The number of aliphatic hydroxyl groups is 2. The number of aromatic nitrogens is 1. The van der Waals surface area contributed by atoms with Gasteiger partial charge in [-0.15, -0.1) is 0 Å². The van der Waals surface area contributed by atoms with Crippen molar-refractivity contribution in [3.63, 3.8) is 0 Å². The maximum Gasteiger partial charge on any atom is 0.171 e. The van der Waals surface area contributed by atoms with E-state index < -0.39 is 12.2 Å². The molecule has 0 aromatic carbocycles. The van der Waals surface area contributed by atoms with Gasteiger partial charge in [-0.05, 0) is 24.6 Å². The van der Waals surface area contributed by atoms with Crippen LogP contribution in [0.3, 0.4) is 0 Å². The van der Waals surface area contributed by atoms with Gasteiger partial charge in [-0.3, -0.25) is 0 Å². The van der Waals surface area contributed by atoms with Crippen molar-refractivity contribution >= 4 is 5.82 Å². The van der Waals surface area contributed by atoms with Crippen molar-refractivity contribution in [3.8, 4) is 6.07 Å². The molecule has 0 saturated carbocycles. The van der Waals surface area contributed by atoms with Gasteiger partial charge >= 0.3 is 0 Å². The third-order valence-corrected chi connectivity index (χ3v) is 1.74. The number of nitriles is 1. The molecule has 5 heteroatoms. The van der Waals surface area contributed by atoms with Gasteiger partial charge in [-0.1, -0.05) is 0 Å². The fraction of sp³-hybridized carbons (Fsp3) is 0.333. The highest BCUT2D eigenvalue weighted by atomic mass is 16.3. The minimum Gasteiger partial charge on any atom is -0.384 e. The zero-order valence-electron chi connectivity index (χ0n) is 7.68. The number of nitrogen functional groups attached to an aromatic ring is 1. The van der Waals surface area contributed by atoms with Gasteiger partial charge in [0.2, 0.25) is 0 Å². The highest BCUT2D eigenvalue weighted by Gasteiger charge is 2.19. The fourth-order valence-corrected chi connectivity index (χ4v) is 1.11. The Morgan fingerprint density at radius 3 is 2.64 bits per heavy atom.